The zero-order valence-electron chi connectivity index (χ0n) is 16.3. The number of carbonyl (C=O) groups is 1. The summed E-state index contributed by atoms with van der Waals surface area (Å²) in [5, 5.41) is 3.66. The number of hydrogen-bond donors (Lipinski definition) is 1. The Morgan fingerprint density at radius 2 is 1.56 bits per heavy atom. The van der Waals surface area contributed by atoms with E-state index in [1.54, 1.807) is 33.5 Å². The molecule has 0 aromatic heterocycles. The van der Waals surface area contributed by atoms with Crippen LogP contribution in [-0.4, -0.2) is 27.2 Å². The van der Waals surface area contributed by atoms with Crippen molar-refractivity contribution in [2.75, 3.05) is 21.3 Å². The molecule has 0 spiro atoms. The molecule has 5 nitrogen and oxygen atoms in total. The zero-order valence-corrected chi connectivity index (χ0v) is 17.1. The third kappa shape index (κ3) is 5.07. The maximum atomic E-state index is 12.8. The van der Waals surface area contributed by atoms with E-state index < -0.39 is 0 Å². The second-order valence-corrected chi connectivity index (χ2v) is 6.96. The van der Waals surface area contributed by atoms with Crippen LogP contribution >= 0.6 is 11.6 Å². The quantitative estimate of drug-likeness (QED) is 0.723. The third-order valence-electron chi connectivity index (χ3n) is 4.37. The molecule has 146 valence electrons. The Hall–Kier alpha value is -2.40. The molecule has 0 aliphatic rings. The predicted octanol–water partition coefficient (Wildman–Crippen LogP) is 4.42. The molecule has 2 rings (SSSR count). The molecule has 0 fully saturated rings. The van der Waals surface area contributed by atoms with Crippen LogP contribution in [0.2, 0.25) is 5.02 Å². The number of ether oxygens (including phenoxy) is 3. The lowest BCUT2D eigenvalue weighted by molar-refractivity contribution is -0.123. The molecule has 1 amide bonds. The van der Waals surface area contributed by atoms with Crippen LogP contribution in [0, 0.1) is 5.92 Å². The molecule has 0 aliphatic heterocycles. The van der Waals surface area contributed by atoms with Crippen molar-refractivity contribution >= 4 is 17.5 Å². The summed E-state index contributed by atoms with van der Waals surface area (Å²) in [4.78, 5) is 12.8. The summed E-state index contributed by atoms with van der Waals surface area (Å²) in [5.74, 6) is 1.48. The summed E-state index contributed by atoms with van der Waals surface area (Å²) in [6, 6.07) is 11.1. The van der Waals surface area contributed by atoms with Crippen LogP contribution in [0.5, 0.6) is 17.2 Å². The first-order valence-electron chi connectivity index (χ1n) is 8.73. The van der Waals surface area contributed by atoms with Gasteiger partial charge in [0.05, 0.1) is 27.2 Å². The van der Waals surface area contributed by atoms with E-state index >= 15 is 0 Å². The van der Waals surface area contributed by atoms with Gasteiger partial charge in [0.15, 0.2) is 11.5 Å². The molecule has 0 radical (unpaired) electrons. The fraction of sp³-hybridized carbons (Fsp3) is 0.381. The lowest BCUT2D eigenvalue weighted by atomic mass is 9.87. The lowest BCUT2D eigenvalue weighted by Gasteiger charge is -2.21. The van der Waals surface area contributed by atoms with E-state index in [2.05, 4.69) is 5.32 Å². The largest absolute Gasteiger partial charge is 0.493 e. The van der Waals surface area contributed by atoms with E-state index in [0.717, 1.165) is 11.1 Å². The molecule has 2 aromatic carbocycles. The van der Waals surface area contributed by atoms with Crippen molar-refractivity contribution in [1.29, 1.82) is 0 Å². The number of nitrogens with one attached hydrogen (secondary N) is 1. The van der Waals surface area contributed by atoms with Gasteiger partial charge in [0.25, 0.3) is 0 Å². The standard InChI is InChI=1S/C21H26ClNO4/c1-13(2)19(15-6-8-16(22)9-7-15)21(24)23-12-14-10-17(25-3)20(27-5)18(11-14)26-4/h6-11,13,19H,12H2,1-5H3,(H,23,24)/t19-/m1/s1. The molecule has 0 saturated heterocycles. The second kappa shape index (κ2) is 9.51. The van der Waals surface area contributed by atoms with Crippen LogP contribution in [0.15, 0.2) is 36.4 Å². The van der Waals surface area contributed by atoms with Crippen LogP contribution < -0.4 is 19.5 Å². The second-order valence-electron chi connectivity index (χ2n) is 6.52. The molecule has 2 aromatic rings. The molecule has 0 unspecified atom stereocenters. The third-order valence-corrected chi connectivity index (χ3v) is 4.62. The topological polar surface area (TPSA) is 56.8 Å². The number of hydrogen-bond acceptors (Lipinski definition) is 4. The minimum Gasteiger partial charge on any atom is -0.493 e. The summed E-state index contributed by atoms with van der Waals surface area (Å²) >= 11 is 5.96. The van der Waals surface area contributed by atoms with Gasteiger partial charge in [-0.1, -0.05) is 37.6 Å². The smallest absolute Gasteiger partial charge is 0.228 e. The first-order chi connectivity index (χ1) is 12.9. The van der Waals surface area contributed by atoms with Crippen molar-refractivity contribution in [3.63, 3.8) is 0 Å². The maximum Gasteiger partial charge on any atom is 0.228 e. The van der Waals surface area contributed by atoms with Crippen LogP contribution in [0.25, 0.3) is 0 Å². The van der Waals surface area contributed by atoms with Gasteiger partial charge in [-0.15, -0.1) is 0 Å². The van der Waals surface area contributed by atoms with Gasteiger partial charge >= 0.3 is 0 Å². The average Bonchev–Trinajstić information content (AvgIpc) is 2.66. The molecule has 1 atom stereocenters. The van der Waals surface area contributed by atoms with Gasteiger partial charge in [0.1, 0.15) is 0 Å². The summed E-state index contributed by atoms with van der Waals surface area (Å²) in [5.41, 5.74) is 1.80. The van der Waals surface area contributed by atoms with Crippen molar-refractivity contribution in [3.05, 3.63) is 52.5 Å². The number of rotatable bonds is 8. The minimum absolute atomic E-state index is 0.0407. The Labute approximate surface area is 165 Å². The lowest BCUT2D eigenvalue weighted by Crippen LogP contribution is -2.31. The Balaban J connectivity index is 2.18. The van der Waals surface area contributed by atoms with Crippen molar-refractivity contribution < 1.29 is 19.0 Å². The molecular formula is C21H26ClNO4. The first-order valence-corrected chi connectivity index (χ1v) is 9.11. The van der Waals surface area contributed by atoms with E-state index in [0.29, 0.717) is 28.8 Å². The summed E-state index contributed by atoms with van der Waals surface area (Å²) < 4.78 is 16.1. The van der Waals surface area contributed by atoms with Crippen LogP contribution in [0.3, 0.4) is 0 Å². The van der Waals surface area contributed by atoms with Gasteiger partial charge in [-0.3, -0.25) is 4.79 Å². The SMILES string of the molecule is COc1cc(CNC(=O)[C@@H](c2ccc(Cl)cc2)C(C)C)cc(OC)c1OC. The highest BCUT2D eigenvalue weighted by Gasteiger charge is 2.24. The monoisotopic (exact) mass is 391 g/mol. The number of amides is 1. The van der Waals surface area contributed by atoms with Crippen LogP contribution in [-0.2, 0) is 11.3 Å². The number of carbonyl (C=O) groups excluding carboxylic acids is 1. The first kappa shape index (κ1) is 20.9. The molecule has 0 bridgehead atoms. The Morgan fingerprint density at radius 1 is 1.00 bits per heavy atom. The van der Waals surface area contributed by atoms with Gasteiger partial charge in [-0.2, -0.15) is 0 Å². The molecule has 6 heteroatoms. The van der Waals surface area contributed by atoms with E-state index in [9.17, 15) is 4.79 Å². The van der Waals surface area contributed by atoms with Gasteiger partial charge in [0, 0.05) is 11.6 Å². The highest BCUT2D eigenvalue weighted by atomic mass is 35.5. The Morgan fingerprint density at radius 3 is 2.00 bits per heavy atom. The zero-order chi connectivity index (χ0) is 20.0. The van der Waals surface area contributed by atoms with Gasteiger partial charge in [-0.25, -0.2) is 0 Å². The molecule has 0 saturated carbocycles. The summed E-state index contributed by atoms with van der Waals surface area (Å²) in [6.45, 7) is 4.41. The van der Waals surface area contributed by atoms with Crippen LogP contribution in [0.1, 0.15) is 30.9 Å². The fourth-order valence-electron chi connectivity index (χ4n) is 3.05. The Kier molecular flexibility index (Phi) is 7.36. The predicted molar refractivity (Wildman–Crippen MR) is 107 cm³/mol. The average molecular weight is 392 g/mol. The van der Waals surface area contributed by atoms with Gasteiger partial charge in [0.2, 0.25) is 11.7 Å². The summed E-state index contributed by atoms with van der Waals surface area (Å²) in [7, 11) is 4.69. The van der Waals surface area contributed by atoms with Crippen molar-refractivity contribution in [1.82, 2.24) is 5.32 Å². The van der Waals surface area contributed by atoms with E-state index in [-0.39, 0.29) is 17.7 Å². The molecule has 0 heterocycles. The molecule has 1 N–H and O–H groups in total. The van der Waals surface area contributed by atoms with E-state index in [1.807, 2.05) is 38.1 Å². The number of benzene rings is 2. The normalized spacial score (nSPS) is 11.8. The van der Waals surface area contributed by atoms with Gasteiger partial charge < -0.3 is 19.5 Å². The van der Waals surface area contributed by atoms with E-state index in [1.165, 1.54) is 0 Å². The number of methoxy groups -OCH3 is 3. The van der Waals surface area contributed by atoms with E-state index in [4.69, 9.17) is 25.8 Å². The van der Waals surface area contributed by atoms with Crippen molar-refractivity contribution in [2.24, 2.45) is 5.92 Å². The molecule has 27 heavy (non-hydrogen) atoms. The maximum absolute atomic E-state index is 12.8. The fourth-order valence-corrected chi connectivity index (χ4v) is 3.17. The van der Waals surface area contributed by atoms with Crippen LogP contribution in [0.4, 0.5) is 0 Å². The van der Waals surface area contributed by atoms with Crippen molar-refractivity contribution in [3.8, 4) is 17.2 Å². The molecule has 0 aliphatic carbocycles. The summed E-state index contributed by atoms with van der Waals surface area (Å²) in [6.07, 6.45) is 0. The molecular weight excluding hydrogens is 366 g/mol. The highest BCUT2D eigenvalue weighted by molar-refractivity contribution is 6.30. The highest BCUT2D eigenvalue weighted by Crippen LogP contribution is 2.38. The minimum atomic E-state index is -0.260. The van der Waals surface area contributed by atoms with Crippen molar-refractivity contribution in [2.45, 2.75) is 26.3 Å². The Bertz CT molecular complexity index is 749. The number of halogens is 1. The van der Waals surface area contributed by atoms with Gasteiger partial charge in [-0.05, 0) is 41.3 Å².